The number of ether oxygens (including phenoxy) is 2. The molecule has 1 fully saturated rings. The number of nitrogens with zero attached hydrogens (tertiary/aromatic N) is 3. The maximum atomic E-state index is 12.5. The Hall–Kier alpha value is -3.72. The van der Waals surface area contributed by atoms with E-state index in [4.69, 9.17) is 21.7 Å². The summed E-state index contributed by atoms with van der Waals surface area (Å²) in [6.45, 7) is 0.554. The Kier molecular flexibility index (Phi) is 7.22. The number of carbonyl (C=O) groups is 2. The molecule has 0 unspecified atom stereocenters. The van der Waals surface area contributed by atoms with Crippen LogP contribution < -0.4 is 5.32 Å². The van der Waals surface area contributed by atoms with Gasteiger partial charge < -0.3 is 24.3 Å². The van der Waals surface area contributed by atoms with E-state index in [0.29, 0.717) is 35.7 Å². The van der Waals surface area contributed by atoms with E-state index in [1.807, 2.05) is 53.2 Å². The van der Waals surface area contributed by atoms with Gasteiger partial charge in [-0.3, -0.25) is 9.78 Å². The van der Waals surface area contributed by atoms with Gasteiger partial charge in [0.2, 0.25) is 0 Å². The van der Waals surface area contributed by atoms with Crippen molar-refractivity contribution >= 4 is 29.3 Å². The third-order valence-corrected chi connectivity index (χ3v) is 6.21. The molecule has 0 spiro atoms. The molecule has 3 heterocycles. The van der Waals surface area contributed by atoms with Crippen LogP contribution in [-0.2, 0) is 14.3 Å². The van der Waals surface area contributed by atoms with Crippen molar-refractivity contribution in [3.8, 4) is 5.69 Å². The summed E-state index contributed by atoms with van der Waals surface area (Å²) in [5.41, 5.74) is 2.95. The minimum atomic E-state index is -0.411. The van der Waals surface area contributed by atoms with Crippen molar-refractivity contribution < 1.29 is 19.1 Å². The molecule has 2 aromatic heterocycles. The summed E-state index contributed by atoms with van der Waals surface area (Å²) in [5, 5.41) is 3.99. The summed E-state index contributed by atoms with van der Waals surface area (Å²) in [4.78, 5) is 30.8. The number of para-hydroxylation sites is 1. The van der Waals surface area contributed by atoms with Gasteiger partial charge in [-0.05, 0) is 55.0 Å². The van der Waals surface area contributed by atoms with E-state index in [2.05, 4.69) is 15.2 Å². The van der Waals surface area contributed by atoms with Gasteiger partial charge in [0.15, 0.2) is 5.11 Å². The average molecular weight is 479 g/mol. The van der Waals surface area contributed by atoms with E-state index in [-0.39, 0.29) is 18.1 Å². The van der Waals surface area contributed by atoms with Crippen molar-refractivity contribution in [3.05, 3.63) is 83.9 Å². The SMILES string of the molecule is COC(=O)CCCN1C(=S)N[C@H](c2ccccn2)[C@H]1c1cccn1-c1ccccc1C(=O)OC. The number of aromatic nitrogens is 2. The molecule has 8 nitrogen and oxygen atoms in total. The van der Waals surface area contributed by atoms with E-state index < -0.39 is 5.97 Å². The molecule has 34 heavy (non-hydrogen) atoms. The summed E-state index contributed by atoms with van der Waals surface area (Å²) < 4.78 is 11.8. The number of hydrogen-bond acceptors (Lipinski definition) is 6. The predicted octanol–water partition coefficient (Wildman–Crippen LogP) is 3.58. The quantitative estimate of drug-likeness (QED) is 0.388. The first-order valence-corrected chi connectivity index (χ1v) is 11.4. The number of methoxy groups -OCH3 is 2. The molecule has 1 N–H and O–H groups in total. The van der Waals surface area contributed by atoms with Gasteiger partial charge in [-0.15, -0.1) is 0 Å². The van der Waals surface area contributed by atoms with Crippen LogP contribution in [0.3, 0.4) is 0 Å². The Morgan fingerprint density at radius 2 is 1.85 bits per heavy atom. The van der Waals surface area contributed by atoms with E-state index in [0.717, 1.165) is 11.4 Å². The molecule has 0 amide bonds. The highest BCUT2D eigenvalue weighted by Crippen LogP contribution is 2.40. The first-order valence-electron chi connectivity index (χ1n) is 10.9. The molecule has 1 aliphatic heterocycles. The second-order valence-corrected chi connectivity index (χ2v) is 8.20. The lowest BCUT2D eigenvalue weighted by molar-refractivity contribution is -0.140. The topological polar surface area (TPSA) is 85.7 Å². The van der Waals surface area contributed by atoms with Crippen molar-refractivity contribution in [2.75, 3.05) is 20.8 Å². The minimum absolute atomic E-state index is 0.217. The van der Waals surface area contributed by atoms with Gasteiger partial charge in [-0.25, -0.2) is 4.79 Å². The van der Waals surface area contributed by atoms with Crippen LogP contribution in [0.1, 0.15) is 46.7 Å². The second-order valence-electron chi connectivity index (χ2n) is 7.81. The van der Waals surface area contributed by atoms with Crippen molar-refractivity contribution in [2.45, 2.75) is 24.9 Å². The predicted molar refractivity (Wildman–Crippen MR) is 131 cm³/mol. The zero-order valence-corrected chi connectivity index (χ0v) is 19.8. The van der Waals surface area contributed by atoms with Crippen LogP contribution in [0, 0.1) is 0 Å². The number of thiocarbonyl (C=S) groups is 1. The van der Waals surface area contributed by atoms with Gasteiger partial charge in [0.05, 0.1) is 43.2 Å². The monoisotopic (exact) mass is 478 g/mol. The molecule has 0 bridgehead atoms. The zero-order valence-electron chi connectivity index (χ0n) is 19.0. The fourth-order valence-electron chi connectivity index (χ4n) is 4.28. The lowest BCUT2D eigenvalue weighted by Crippen LogP contribution is -2.31. The number of rotatable bonds is 8. The molecule has 4 rings (SSSR count). The Morgan fingerprint density at radius 1 is 1.06 bits per heavy atom. The van der Waals surface area contributed by atoms with Crippen molar-refractivity contribution in [3.63, 3.8) is 0 Å². The maximum Gasteiger partial charge on any atom is 0.339 e. The standard InChI is InChI=1S/C25H26N4O4S/c1-32-21(30)13-8-16-29-23(22(27-25(29)34)18-10-5-6-14-26-18)20-12-7-15-28(20)19-11-4-3-9-17(19)24(31)33-2/h3-7,9-12,14-15,22-23H,8,13,16H2,1-2H3,(H,27,34)/t22-,23-/m1/s1. The number of esters is 2. The van der Waals surface area contributed by atoms with Crippen molar-refractivity contribution in [2.24, 2.45) is 0 Å². The lowest BCUT2D eigenvalue weighted by atomic mass is 10.0. The van der Waals surface area contributed by atoms with Crippen LogP contribution in [0.25, 0.3) is 5.69 Å². The van der Waals surface area contributed by atoms with Gasteiger partial charge in [0.25, 0.3) is 0 Å². The summed E-state index contributed by atoms with van der Waals surface area (Å²) >= 11 is 5.71. The molecule has 2 atom stereocenters. The Bertz CT molecular complexity index is 1180. The summed E-state index contributed by atoms with van der Waals surface area (Å²) in [7, 11) is 2.76. The van der Waals surface area contributed by atoms with Crippen LogP contribution in [0.15, 0.2) is 67.0 Å². The molecular weight excluding hydrogens is 452 g/mol. The van der Waals surface area contributed by atoms with Crippen LogP contribution in [0.2, 0.25) is 0 Å². The Balaban J connectivity index is 1.76. The first-order chi connectivity index (χ1) is 16.5. The summed E-state index contributed by atoms with van der Waals surface area (Å²) in [5.74, 6) is -0.669. The largest absolute Gasteiger partial charge is 0.469 e. The fraction of sp³-hybridized carbons (Fsp3) is 0.280. The molecule has 1 aliphatic rings. The Morgan fingerprint density at radius 3 is 2.59 bits per heavy atom. The summed E-state index contributed by atoms with van der Waals surface area (Å²) in [6.07, 6.45) is 4.55. The number of pyridine rings is 1. The van der Waals surface area contributed by atoms with Crippen molar-refractivity contribution in [1.29, 1.82) is 0 Å². The van der Waals surface area contributed by atoms with E-state index >= 15 is 0 Å². The molecular formula is C25H26N4O4S. The molecule has 1 saturated heterocycles. The molecule has 0 saturated carbocycles. The highest BCUT2D eigenvalue weighted by Gasteiger charge is 2.41. The molecule has 9 heteroatoms. The fourth-order valence-corrected chi connectivity index (χ4v) is 4.62. The van der Waals surface area contributed by atoms with E-state index in [1.165, 1.54) is 14.2 Å². The molecule has 3 aromatic rings. The number of nitrogens with one attached hydrogen (secondary N) is 1. The lowest BCUT2D eigenvalue weighted by Gasteiger charge is -2.29. The van der Waals surface area contributed by atoms with Gasteiger partial charge in [-0.1, -0.05) is 18.2 Å². The molecule has 1 aromatic carbocycles. The normalized spacial score (nSPS) is 17.4. The first kappa shape index (κ1) is 23.4. The number of carbonyl (C=O) groups excluding carboxylic acids is 2. The van der Waals surface area contributed by atoms with Gasteiger partial charge in [0.1, 0.15) is 0 Å². The van der Waals surface area contributed by atoms with Crippen molar-refractivity contribution in [1.82, 2.24) is 19.8 Å². The van der Waals surface area contributed by atoms with Gasteiger partial charge >= 0.3 is 11.9 Å². The molecule has 0 aliphatic carbocycles. The highest BCUT2D eigenvalue weighted by atomic mass is 32.1. The van der Waals surface area contributed by atoms with Gasteiger partial charge in [0, 0.05) is 31.1 Å². The van der Waals surface area contributed by atoms with Crippen LogP contribution in [-0.4, -0.2) is 52.3 Å². The zero-order chi connectivity index (χ0) is 24.1. The molecule has 176 valence electrons. The summed E-state index contributed by atoms with van der Waals surface area (Å²) in [6, 6.07) is 16.6. The van der Waals surface area contributed by atoms with E-state index in [1.54, 1.807) is 18.3 Å². The number of benzene rings is 1. The Labute approximate surface area is 203 Å². The number of hydrogen-bond donors (Lipinski definition) is 1. The van der Waals surface area contributed by atoms with Crippen LogP contribution >= 0.6 is 12.2 Å². The molecule has 0 radical (unpaired) electrons. The third-order valence-electron chi connectivity index (χ3n) is 5.86. The smallest absolute Gasteiger partial charge is 0.339 e. The maximum absolute atomic E-state index is 12.5. The van der Waals surface area contributed by atoms with Crippen LogP contribution in [0.5, 0.6) is 0 Å². The minimum Gasteiger partial charge on any atom is -0.469 e. The second kappa shape index (κ2) is 10.5. The third kappa shape index (κ3) is 4.65. The average Bonchev–Trinajstić information content (AvgIpc) is 3.48. The van der Waals surface area contributed by atoms with Gasteiger partial charge in [-0.2, -0.15) is 0 Å². The van der Waals surface area contributed by atoms with E-state index in [9.17, 15) is 9.59 Å². The highest BCUT2D eigenvalue weighted by molar-refractivity contribution is 7.80. The van der Waals surface area contributed by atoms with Crippen LogP contribution in [0.4, 0.5) is 0 Å².